The number of benzene rings is 1. The van der Waals surface area contributed by atoms with Crippen molar-refractivity contribution >= 4 is 11.7 Å². The number of hydrogen-bond donors (Lipinski definition) is 2. The summed E-state index contributed by atoms with van der Waals surface area (Å²) in [5.41, 5.74) is 2.27. The molecule has 1 aromatic heterocycles. The number of H-pyrrole nitrogens is 1. The topological polar surface area (TPSA) is 57.8 Å². The number of hydrogen-bond acceptors (Lipinski definition) is 2. The molecule has 4 heteroatoms. The lowest BCUT2D eigenvalue weighted by atomic mass is 9.92. The van der Waals surface area contributed by atoms with Gasteiger partial charge in [0.1, 0.15) is 0 Å². The van der Waals surface area contributed by atoms with Crippen LogP contribution in [0.3, 0.4) is 0 Å². The van der Waals surface area contributed by atoms with E-state index in [4.69, 9.17) is 0 Å². The van der Waals surface area contributed by atoms with Crippen molar-refractivity contribution in [2.75, 3.05) is 5.32 Å². The fraction of sp³-hybridized carbons (Fsp3) is 0.412. The number of carbonyl (C=O) groups excluding carboxylic acids is 1. The van der Waals surface area contributed by atoms with Crippen LogP contribution in [0, 0.1) is 5.92 Å². The van der Waals surface area contributed by atoms with Crippen molar-refractivity contribution in [3.63, 3.8) is 0 Å². The zero-order chi connectivity index (χ0) is 15.0. The van der Waals surface area contributed by atoms with E-state index < -0.39 is 0 Å². The van der Waals surface area contributed by atoms with Gasteiger partial charge in [-0.2, -0.15) is 5.10 Å². The number of amides is 1. The number of nitrogens with one attached hydrogen (secondary N) is 2. The fourth-order valence-electron chi connectivity index (χ4n) is 2.54. The second-order valence-electron chi connectivity index (χ2n) is 6.77. The van der Waals surface area contributed by atoms with Crippen LogP contribution in [-0.2, 0) is 10.2 Å². The molecule has 1 amide bonds. The Morgan fingerprint density at radius 1 is 1.29 bits per heavy atom. The lowest BCUT2D eigenvalue weighted by Gasteiger charge is -2.14. The van der Waals surface area contributed by atoms with Crippen molar-refractivity contribution in [3.05, 3.63) is 47.7 Å². The van der Waals surface area contributed by atoms with Gasteiger partial charge in [0.2, 0.25) is 5.91 Å². The molecule has 0 spiro atoms. The summed E-state index contributed by atoms with van der Waals surface area (Å²) in [6, 6.07) is 12.1. The average Bonchev–Trinajstić information content (AvgIpc) is 3.11. The van der Waals surface area contributed by atoms with Crippen LogP contribution in [0.1, 0.15) is 44.4 Å². The highest BCUT2D eigenvalue weighted by molar-refractivity contribution is 5.94. The largest absolute Gasteiger partial charge is 0.309 e. The summed E-state index contributed by atoms with van der Waals surface area (Å²) in [5, 5.41) is 10.1. The molecule has 1 saturated carbocycles. The van der Waals surface area contributed by atoms with Crippen molar-refractivity contribution in [3.8, 4) is 0 Å². The molecule has 2 unspecified atom stereocenters. The molecule has 1 aromatic carbocycles. The average molecular weight is 283 g/mol. The van der Waals surface area contributed by atoms with E-state index in [1.54, 1.807) is 0 Å². The monoisotopic (exact) mass is 283 g/mol. The third kappa shape index (κ3) is 2.99. The molecule has 1 aliphatic carbocycles. The number of nitrogens with zero attached hydrogens (tertiary/aromatic N) is 1. The van der Waals surface area contributed by atoms with Crippen LogP contribution in [-0.4, -0.2) is 16.1 Å². The summed E-state index contributed by atoms with van der Waals surface area (Å²) in [7, 11) is 0. The molecule has 1 heterocycles. The van der Waals surface area contributed by atoms with Gasteiger partial charge in [0, 0.05) is 23.1 Å². The Kier molecular flexibility index (Phi) is 3.32. The highest BCUT2D eigenvalue weighted by Crippen LogP contribution is 2.47. The van der Waals surface area contributed by atoms with Crippen LogP contribution in [0.2, 0.25) is 0 Å². The molecule has 1 fully saturated rings. The smallest absolute Gasteiger partial charge is 0.229 e. The summed E-state index contributed by atoms with van der Waals surface area (Å²) in [5.74, 6) is 1.11. The molecular weight excluding hydrogens is 262 g/mol. The van der Waals surface area contributed by atoms with Gasteiger partial charge in [-0.3, -0.25) is 9.89 Å². The molecule has 2 N–H and O–H groups in total. The van der Waals surface area contributed by atoms with Crippen molar-refractivity contribution in [1.29, 1.82) is 0 Å². The SMILES string of the molecule is CC(C)(C)c1cc(NC(=O)C2CC2c2ccccc2)n[nH]1. The molecule has 0 aliphatic heterocycles. The lowest BCUT2D eigenvalue weighted by Crippen LogP contribution is -2.15. The Hall–Kier alpha value is -2.10. The van der Waals surface area contributed by atoms with E-state index >= 15 is 0 Å². The number of aromatic amines is 1. The first-order chi connectivity index (χ1) is 9.95. The Labute approximate surface area is 125 Å². The van der Waals surface area contributed by atoms with Gasteiger partial charge in [-0.15, -0.1) is 0 Å². The molecule has 2 atom stereocenters. The van der Waals surface area contributed by atoms with E-state index in [1.807, 2.05) is 24.3 Å². The zero-order valence-electron chi connectivity index (χ0n) is 12.7. The fourth-order valence-corrected chi connectivity index (χ4v) is 2.54. The van der Waals surface area contributed by atoms with Crippen LogP contribution < -0.4 is 5.32 Å². The molecule has 110 valence electrons. The quantitative estimate of drug-likeness (QED) is 0.906. The first-order valence-electron chi connectivity index (χ1n) is 7.37. The van der Waals surface area contributed by atoms with Crippen molar-refractivity contribution < 1.29 is 4.79 Å². The summed E-state index contributed by atoms with van der Waals surface area (Å²) < 4.78 is 0. The number of carbonyl (C=O) groups is 1. The number of aromatic nitrogens is 2. The normalized spacial score (nSPS) is 21.1. The predicted molar refractivity (Wildman–Crippen MR) is 83.2 cm³/mol. The van der Waals surface area contributed by atoms with Gasteiger partial charge in [0.05, 0.1) is 0 Å². The second kappa shape index (κ2) is 5.02. The minimum atomic E-state index is 0.00212. The van der Waals surface area contributed by atoms with Crippen molar-refractivity contribution in [2.24, 2.45) is 5.92 Å². The van der Waals surface area contributed by atoms with Gasteiger partial charge in [-0.25, -0.2) is 0 Å². The van der Waals surface area contributed by atoms with E-state index in [2.05, 4.69) is 48.4 Å². The van der Waals surface area contributed by atoms with Gasteiger partial charge >= 0.3 is 0 Å². The third-order valence-electron chi connectivity index (χ3n) is 3.99. The van der Waals surface area contributed by atoms with E-state index in [-0.39, 0.29) is 17.2 Å². The van der Waals surface area contributed by atoms with Gasteiger partial charge < -0.3 is 5.32 Å². The molecule has 21 heavy (non-hydrogen) atoms. The summed E-state index contributed by atoms with van der Waals surface area (Å²) in [4.78, 5) is 12.3. The standard InChI is InChI=1S/C17H21N3O/c1-17(2,3)14-10-15(20-19-14)18-16(21)13-9-12(13)11-7-5-4-6-8-11/h4-8,10,12-13H,9H2,1-3H3,(H2,18,19,20,21). The zero-order valence-corrected chi connectivity index (χ0v) is 12.7. The van der Waals surface area contributed by atoms with E-state index in [0.717, 1.165) is 12.1 Å². The molecule has 2 aromatic rings. The Balaban J connectivity index is 1.62. The molecule has 0 saturated heterocycles. The minimum absolute atomic E-state index is 0.00212. The lowest BCUT2D eigenvalue weighted by molar-refractivity contribution is -0.117. The van der Waals surface area contributed by atoms with Crippen molar-refractivity contribution in [1.82, 2.24) is 10.2 Å². The van der Waals surface area contributed by atoms with Gasteiger partial charge in [0.15, 0.2) is 5.82 Å². The third-order valence-corrected chi connectivity index (χ3v) is 3.99. The van der Waals surface area contributed by atoms with Crippen molar-refractivity contribution in [2.45, 2.75) is 38.5 Å². The first kappa shape index (κ1) is 13.9. The first-order valence-corrected chi connectivity index (χ1v) is 7.37. The number of rotatable bonds is 3. The molecule has 0 radical (unpaired) electrons. The van der Waals surface area contributed by atoms with Crippen LogP contribution in [0.25, 0.3) is 0 Å². The second-order valence-corrected chi connectivity index (χ2v) is 6.77. The van der Waals surface area contributed by atoms with Gasteiger partial charge in [-0.1, -0.05) is 51.1 Å². The molecule has 0 bridgehead atoms. The maximum atomic E-state index is 12.3. The Morgan fingerprint density at radius 2 is 2.00 bits per heavy atom. The summed E-state index contributed by atoms with van der Waals surface area (Å²) in [6.07, 6.45) is 0.923. The minimum Gasteiger partial charge on any atom is -0.309 e. The van der Waals surface area contributed by atoms with E-state index in [1.165, 1.54) is 5.56 Å². The molecule has 1 aliphatic rings. The molecule has 4 nitrogen and oxygen atoms in total. The predicted octanol–water partition coefficient (Wildman–Crippen LogP) is 3.45. The molecular formula is C17H21N3O. The van der Waals surface area contributed by atoms with Gasteiger partial charge in [-0.05, 0) is 17.9 Å². The highest BCUT2D eigenvalue weighted by atomic mass is 16.2. The number of anilines is 1. The van der Waals surface area contributed by atoms with Crippen LogP contribution in [0.5, 0.6) is 0 Å². The Morgan fingerprint density at radius 3 is 2.62 bits per heavy atom. The molecule has 3 rings (SSSR count). The maximum absolute atomic E-state index is 12.3. The summed E-state index contributed by atoms with van der Waals surface area (Å²) in [6.45, 7) is 6.33. The Bertz CT molecular complexity index is 640. The van der Waals surface area contributed by atoms with Crippen LogP contribution in [0.15, 0.2) is 36.4 Å². The summed E-state index contributed by atoms with van der Waals surface area (Å²) >= 11 is 0. The van der Waals surface area contributed by atoms with Crippen LogP contribution in [0.4, 0.5) is 5.82 Å². The van der Waals surface area contributed by atoms with Gasteiger partial charge in [0.25, 0.3) is 0 Å². The highest BCUT2D eigenvalue weighted by Gasteiger charge is 2.44. The maximum Gasteiger partial charge on any atom is 0.229 e. The van der Waals surface area contributed by atoms with Crippen LogP contribution >= 0.6 is 0 Å². The van der Waals surface area contributed by atoms with E-state index in [9.17, 15) is 4.79 Å². The van der Waals surface area contributed by atoms with E-state index in [0.29, 0.717) is 11.7 Å².